The minimum Gasteiger partial charge on any atom is -0.383 e. The minimum absolute atomic E-state index is 0.123. The van der Waals surface area contributed by atoms with Crippen LogP contribution in [0.4, 0.5) is 5.69 Å². The van der Waals surface area contributed by atoms with E-state index in [4.69, 9.17) is 0 Å². The molecule has 2 aromatic rings. The number of amides is 1. The summed E-state index contributed by atoms with van der Waals surface area (Å²) in [5.74, 6) is -0.123. The molecule has 0 aliphatic carbocycles. The van der Waals surface area contributed by atoms with Crippen molar-refractivity contribution in [2.75, 3.05) is 11.9 Å². The lowest BCUT2D eigenvalue weighted by Gasteiger charge is -2.10. The molecule has 1 amide bonds. The molecule has 0 aliphatic heterocycles. The van der Waals surface area contributed by atoms with Crippen LogP contribution in [0.3, 0.4) is 0 Å². The molecule has 2 rings (SSSR count). The van der Waals surface area contributed by atoms with Gasteiger partial charge in [0.25, 0.3) is 5.91 Å². The topological polar surface area (TPSA) is 66.9 Å². The zero-order valence-electron chi connectivity index (χ0n) is 10.8. The van der Waals surface area contributed by atoms with Crippen LogP contribution >= 0.6 is 0 Å². The van der Waals surface area contributed by atoms with Gasteiger partial charge in [0.15, 0.2) is 0 Å². The Bertz CT molecular complexity index is 542. The fourth-order valence-corrected chi connectivity index (χ4v) is 1.70. The number of carbonyl (C=O) groups is 1. The van der Waals surface area contributed by atoms with E-state index in [0.29, 0.717) is 12.1 Å². The van der Waals surface area contributed by atoms with Gasteiger partial charge >= 0.3 is 0 Å². The first-order chi connectivity index (χ1) is 9.31. The summed E-state index contributed by atoms with van der Waals surface area (Å²) in [6.45, 7) is 3.18. The molecular weight excluding hydrogens is 240 g/mol. The zero-order chi connectivity index (χ0) is 13.5. The Morgan fingerprint density at radius 2 is 2.05 bits per heavy atom. The van der Waals surface area contributed by atoms with Gasteiger partial charge in [-0.1, -0.05) is 6.07 Å². The second kappa shape index (κ2) is 6.49. The van der Waals surface area contributed by atoms with Gasteiger partial charge in [-0.15, -0.1) is 0 Å². The molecule has 0 bridgehead atoms. The standard InChI is InChI=1S/C14H16N4O/c1-2-17-13-10-16-7-5-12(13)14(19)18-9-11-4-3-6-15-8-11/h3-8,10,17H,2,9H2,1H3,(H,18,19). The number of hydrogen-bond acceptors (Lipinski definition) is 4. The predicted molar refractivity (Wildman–Crippen MR) is 73.8 cm³/mol. The second-order valence-corrected chi connectivity index (χ2v) is 4.00. The van der Waals surface area contributed by atoms with E-state index in [2.05, 4.69) is 20.6 Å². The van der Waals surface area contributed by atoms with Crippen LogP contribution in [0.2, 0.25) is 0 Å². The van der Waals surface area contributed by atoms with Crippen LogP contribution in [0.25, 0.3) is 0 Å². The molecule has 2 heterocycles. The highest BCUT2D eigenvalue weighted by atomic mass is 16.1. The lowest BCUT2D eigenvalue weighted by molar-refractivity contribution is 0.0951. The number of nitrogens with zero attached hydrogens (tertiary/aromatic N) is 2. The van der Waals surface area contributed by atoms with Crippen LogP contribution in [0.1, 0.15) is 22.8 Å². The smallest absolute Gasteiger partial charge is 0.253 e. The Kier molecular flexibility index (Phi) is 4.44. The van der Waals surface area contributed by atoms with Crippen molar-refractivity contribution >= 4 is 11.6 Å². The lowest BCUT2D eigenvalue weighted by atomic mass is 10.2. The number of anilines is 1. The highest BCUT2D eigenvalue weighted by Gasteiger charge is 2.10. The molecule has 0 radical (unpaired) electrons. The van der Waals surface area contributed by atoms with Gasteiger partial charge in [-0.2, -0.15) is 0 Å². The summed E-state index contributed by atoms with van der Waals surface area (Å²) in [6.07, 6.45) is 6.71. The third-order valence-corrected chi connectivity index (χ3v) is 2.61. The number of pyridine rings is 2. The minimum atomic E-state index is -0.123. The van der Waals surface area contributed by atoms with Crippen molar-refractivity contribution < 1.29 is 4.79 Å². The van der Waals surface area contributed by atoms with Crippen molar-refractivity contribution in [1.29, 1.82) is 0 Å². The molecule has 19 heavy (non-hydrogen) atoms. The first kappa shape index (κ1) is 13.0. The molecule has 0 unspecified atom stereocenters. The Morgan fingerprint density at radius 1 is 1.21 bits per heavy atom. The molecule has 5 nitrogen and oxygen atoms in total. The average Bonchev–Trinajstić information content (AvgIpc) is 2.47. The predicted octanol–water partition coefficient (Wildman–Crippen LogP) is 1.84. The number of aromatic nitrogens is 2. The summed E-state index contributed by atoms with van der Waals surface area (Å²) >= 11 is 0. The summed E-state index contributed by atoms with van der Waals surface area (Å²) in [5.41, 5.74) is 2.31. The Morgan fingerprint density at radius 3 is 2.79 bits per heavy atom. The summed E-state index contributed by atoms with van der Waals surface area (Å²) in [6, 6.07) is 5.47. The molecule has 2 N–H and O–H groups in total. The van der Waals surface area contributed by atoms with Gasteiger partial charge in [0.1, 0.15) is 0 Å². The third kappa shape index (κ3) is 3.51. The monoisotopic (exact) mass is 256 g/mol. The van der Waals surface area contributed by atoms with Gasteiger partial charge in [0.05, 0.1) is 17.4 Å². The highest BCUT2D eigenvalue weighted by molar-refractivity contribution is 5.99. The normalized spacial score (nSPS) is 9.95. The first-order valence-corrected chi connectivity index (χ1v) is 6.16. The van der Waals surface area contributed by atoms with Crippen molar-refractivity contribution in [3.63, 3.8) is 0 Å². The molecule has 0 saturated heterocycles. The van der Waals surface area contributed by atoms with Crippen LogP contribution in [-0.4, -0.2) is 22.4 Å². The largest absolute Gasteiger partial charge is 0.383 e. The molecule has 0 atom stereocenters. The van der Waals surface area contributed by atoms with Crippen LogP contribution < -0.4 is 10.6 Å². The molecule has 0 fully saturated rings. The fraction of sp³-hybridized carbons (Fsp3) is 0.214. The van der Waals surface area contributed by atoms with E-state index in [1.165, 1.54) is 0 Å². The van der Waals surface area contributed by atoms with E-state index in [1.807, 2.05) is 19.1 Å². The van der Waals surface area contributed by atoms with Crippen molar-refractivity contribution in [2.24, 2.45) is 0 Å². The lowest BCUT2D eigenvalue weighted by Crippen LogP contribution is -2.24. The molecular formula is C14H16N4O. The molecule has 98 valence electrons. The molecule has 0 spiro atoms. The Labute approximate surface area is 112 Å². The van der Waals surface area contributed by atoms with Crippen LogP contribution in [-0.2, 0) is 6.54 Å². The van der Waals surface area contributed by atoms with E-state index < -0.39 is 0 Å². The fourth-order valence-electron chi connectivity index (χ4n) is 1.70. The molecule has 0 saturated carbocycles. The van der Waals surface area contributed by atoms with Crippen LogP contribution in [0, 0.1) is 0 Å². The van der Waals surface area contributed by atoms with Crippen molar-refractivity contribution in [3.8, 4) is 0 Å². The maximum absolute atomic E-state index is 12.1. The molecule has 0 aliphatic rings. The van der Waals surface area contributed by atoms with Gasteiger partial charge in [-0.25, -0.2) is 0 Å². The highest BCUT2D eigenvalue weighted by Crippen LogP contribution is 2.13. The average molecular weight is 256 g/mol. The molecule has 5 heteroatoms. The van der Waals surface area contributed by atoms with Crippen molar-refractivity contribution in [2.45, 2.75) is 13.5 Å². The van der Waals surface area contributed by atoms with Gasteiger partial charge in [-0.3, -0.25) is 14.8 Å². The number of nitrogens with one attached hydrogen (secondary N) is 2. The van der Waals surface area contributed by atoms with E-state index in [0.717, 1.165) is 17.8 Å². The summed E-state index contributed by atoms with van der Waals surface area (Å²) in [5, 5.41) is 5.99. The third-order valence-electron chi connectivity index (χ3n) is 2.61. The molecule has 0 aromatic carbocycles. The first-order valence-electron chi connectivity index (χ1n) is 6.16. The van der Waals surface area contributed by atoms with Gasteiger partial charge < -0.3 is 10.6 Å². The van der Waals surface area contributed by atoms with E-state index in [1.54, 1.807) is 30.9 Å². The van der Waals surface area contributed by atoms with Crippen molar-refractivity contribution in [3.05, 3.63) is 54.1 Å². The van der Waals surface area contributed by atoms with E-state index >= 15 is 0 Å². The zero-order valence-corrected chi connectivity index (χ0v) is 10.8. The summed E-state index contributed by atoms with van der Waals surface area (Å²) < 4.78 is 0. The Balaban J connectivity index is 2.04. The summed E-state index contributed by atoms with van der Waals surface area (Å²) in [7, 11) is 0. The SMILES string of the molecule is CCNc1cnccc1C(=O)NCc1cccnc1. The van der Waals surface area contributed by atoms with Crippen LogP contribution in [0.15, 0.2) is 43.0 Å². The van der Waals surface area contributed by atoms with E-state index in [9.17, 15) is 4.79 Å². The maximum Gasteiger partial charge on any atom is 0.253 e. The maximum atomic E-state index is 12.1. The van der Waals surface area contributed by atoms with Crippen molar-refractivity contribution in [1.82, 2.24) is 15.3 Å². The number of hydrogen-bond donors (Lipinski definition) is 2. The second-order valence-electron chi connectivity index (χ2n) is 4.00. The van der Waals surface area contributed by atoms with Gasteiger partial charge in [0.2, 0.25) is 0 Å². The van der Waals surface area contributed by atoms with Gasteiger partial charge in [0, 0.05) is 31.7 Å². The summed E-state index contributed by atoms with van der Waals surface area (Å²) in [4.78, 5) is 20.1. The van der Waals surface area contributed by atoms with E-state index in [-0.39, 0.29) is 5.91 Å². The quantitative estimate of drug-likeness (QED) is 0.856. The van der Waals surface area contributed by atoms with Gasteiger partial charge in [-0.05, 0) is 24.6 Å². The van der Waals surface area contributed by atoms with Crippen LogP contribution in [0.5, 0.6) is 0 Å². The number of rotatable bonds is 5. The molecule has 2 aromatic heterocycles. The Hall–Kier alpha value is -2.43. The number of carbonyl (C=O) groups excluding carboxylic acids is 1.